The lowest BCUT2D eigenvalue weighted by atomic mass is 10.0. The van der Waals surface area contributed by atoms with Crippen LogP contribution in [0.5, 0.6) is 5.75 Å². The van der Waals surface area contributed by atoms with E-state index in [1.54, 1.807) is 18.3 Å². The van der Waals surface area contributed by atoms with Crippen LogP contribution in [-0.2, 0) is 0 Å². The fourth-order valence-corrected chi connectivity index (χ4v) is 1.44. The minimum atomic E-state index is 0.537. The van der Waals surface area contributed by atoms with Gasteiger partial charge in [-0.25, -0.2) is 0 Å². The summed E-state index contributed by atoms with van der Waals surface area (Å²) < 4.78 is 0. The normalized spacial score (nSPS) is 10.1. The van der Waals surface area contributed by atoms with Crippen molar-refractivity contribution in [2.45, 2.75) is 6.92 Å². The Bertz CT molecular complexity index is 434. The lowest BCUT2D eigenvalue weighted by Gasteiger charge is -2.03. The van der Waals surface area contributed by atoms with Gasteiger partial charge in [-0.1, -0.05) is 6.07 Å². The number of rotatable bonds is 1. The lowest BCUT2D eigenvalue weighted by molar-refractivity contribution is 0.475. The molecular formula is C12H12NO+. The van der Waals surface area contributed by atoms with Crippen LogP contribution in [0.3, 0.4) is 0 Å². The van der Waals surface area contributed by atoms with Crippen molar-refractivity contribution in [3.63, 3.8) is 0 Å². The molecule has 70 valence electrons. The largest absolute Gasteiger partial charge is 0.593 e. The highest BCUT2D eigenvalue weighted by atomic mass is 16.3. The quantitative estimate of drug-likeness (QED) is 0.630. The average molecular weight is 186 g/mol. The fourth-order valence-electron chi connectivity index (χ4n) is 1.44. The number of aryl methyl sites for hydroxylation is 1. The van der Waals surface area contributed by atoms with Crippen LogP contribution in [0.15, 0.2) is 42.6 Å². The molecule has 0 spiro atoms. The van der Waals surface area contributed by atoms with Crippen molar-refractivity contribution < 1.29 is 5.11 Å². The molecule has 0 fully saturated rings. The molecule has 0 radical (unpaired) electrons. The van der Waals surface area contributed by atoms with E-state index in [9.17, 15) is 0 Å². The van der Waals surface area contributed by atoms with Gasteiger partial charge in [-0.05, 0) is 30.7 Å². The summed E-state index contributed by atoms with van der Waals surface area (Å²) in [5.41, 5.74) is 3.27. The first kappa shape index (κ1) is 8.75. The second-order valence-corrected chi connectivity index (χ2v) is 3.21. The smallest absolute Gasteiger partial charge is 0.253 e. The molecule has 2 rings (SSSR count). The minimum Gasteiger partial charge on any atom is -0.593 e. The van der Waals surface area contributed by atoms with Crippen LogP contribution >= 0.6 is 0 Å². The summed E-state index contributed by atoms with van der Waals surface area (Å²) >= 11 is 0. The van der Waals surface area contributed by atoms with Crippen LogP contribution in [-0.4, -0.2) is 10.1 Å². The number of nitrogens with zero attached hydrogens (tertiary/aromatic N) is 1. The number of hydrogen-bond acceptors (Lipinski definition) is 1. The first-order chi connectivity index (χ1) is 6.77. The van der Waals surface area contributed by atoms with E-state index in [0.717, 1.165) is 16.8 Å². The van der Waals surface area contributed by atoms with Crippen LogP contribution in [0.1, 0.15) is 5.69 Å². The van der Waals surface area contributed by atoms with Gasteiger partial charge in [0.05, 0.1) is 0 Å². The van der Waals surface area contributed by atoms with Gasteiger partial charge in [-0.2, -0.15) is 0 Å². The zero-order valence-electron chi connectivity index (χ0n) is 7.99. The van der Waals surface area contributed by atoms with Gasteiger partial charge < -0.3 is 5.11 Å². The van der Waals surface area contributed by atoms with E-state index in [1.807, 2.05) is 31.2 Å². The van der Waals surface area contributed by atoms with Crippen LogP contribution in [0.4, 0.5) is 0 Å². The summed E-state index contributed by atoms with van der Waals surface area (Å²) in [6, 6.07) is 11.5. The standard InChI is InChI=1S/C12H11NO/c1-9-12(3-2-8-13-9)10-4-6-11(14)7-5-10/h2-8,14H,1H3/p+1. The Balaban J connectivity index is 2.50. The van der Waals surface area contributed by atoms with E-state index in [-0.39, 0.29) is 0 Å². The monoisotopic (exact) mass is 186 g/mol. The molecular weight excluding hydrogens is 174 g/mol. The molecule has 2 aromatic rings. The molecule has 2 nitrogen and oxygen atoms in total. The lowest BCUT2D eigenvalue weighted by Crippen LogP contribution is -1.85. The molecule has 0 unspecified atom stereocenters. The first-order valence-corrected chi connectivity index (χ1v) is 4.51. The van der Waals surface area contributed by atoms with Gasteiger partial charge >= 0.3 is 0 Å². The van der Waals surface area contributed by atoms with E-state index in [4.69, 9.17) is 5.11 Å². The Morgan fingerprint density at radius 1 is 1.07 bits per heavy atom. The van der Waals surface area contributed by atoms with Gasteiger partial charge in [0.1, 0.15) is 0 Å². The molecule has 0 atom stereocenters. The van der Waals surface area contributed by atoms with Crippen LogP contribution in [0.2, 0.25) is 0 Å². The third-order valence-electron chi connectivity index (χ3n) is 2.20. The molecule has 1 heterocycles. The Labute approximate surface area is 82.9 Å². The summed E-state index contributed by atoms with van der Waals surface area (Å²) in [6.45, 7) is 1.99. The summed E-state index contributed by atoms with van der Waals surface area (Å²) in [5.74, 6) is 0.537. The molecule has 2 N–H and O–H groups in total. The zero-order valence-corrected chi connectivity index (χ0v) is 7.99. The minimum absolute atomic E-state index is 0.537. The van der Waals surface area contributed by atoms with Crippen molar-refractivity contribution >= 4 is 0 Å². The Morgan fingerprint density at radius 2 is 1.79 bits per heavy atom. The summed E-state index contributed by atoms with van der Waals surface area (Å²) in [4.78, 5) is 4.23. The maximum atomic E-state index is 7.39. The Kier molecular flexibility index (Phi) is 2.19. The third-order valence-corrected chi connectivity index (χ3v) is 2.20. The molecule has 0 amide bonds. The highest BCUT2D eigenvalue weighted by Gasteiger charge is 2.01. The molecule has 0 aliphatic rings. The SMILES string of the molecule is Cc1ncccc1-c1ccc([OH2+])cc1. The molecule has 14 heavy (non-hydrogen) atoms. The van der Waals surface area contributed by atoms with Crippen molar-refractivity contribution in [2.75, 3.05) is 0 Å². The molecule has 0 aliphatic heterocycles. The van der Waals surface area contributed by atoms with Crippen molar-refractivity contribution in [2.24, 2.45) is 0 Å². The third kappa shape index (κ3) is 1.59. The second-order valence-electron chi connectivity index (χ2n) is 3.21. The van der Waals surface area contributed by atoms with Crippen LogP contribution in [0, 0.1) is 6.92 Å². The molecule has 1 aromatic heterocycles. The zero-order chi connectivity index (χ0) is 9.97. The van der Waals surface area contributed by atoms with E-state index >= 15 is 0 Å². The van der Waals surface area contributed by atoms with Gasteiger partial charge in [0.2, 0.25) is 0 Å². The van der Waals surface area contributed by atoms with E-state index in [2.05, 4.69) is 4.98 Å². The number of aromatic nitrogens is 1. The number of pyridine rings is 1. The molecule has 0 bridgehead atoms. The topological polar surface area (TPSA) is 35.8 Å². The van der Waals surface area contributed by atoms with Crippen molar-refractivity contribution in [1.82, 2.24) is 4.98 Å². The van der Waals surface area contributed by atoms with E-state index in [0.29, 0.717) is 5.75 Å². The molecule has 2 heteroatoms. The van der Waals surface area contributed by atoms with E-state index < -0.39 is 0 Å². The maximum absolute atomic E-state index is 7.39. The van der Waals surface area contributed by atoms with Crippen molar-refractivity contribution in [3.05, 3.63) is 48.3 Å². The highest BCUT2D eigenvalue weighted by molar-refractivity contribution is 5.65. The van der Waals surface area contributed by atoms with Crippen LogP contribution in [0.25, 0.3) is 11.1 Å². The van der Waals surface area contributed by atoms with E-state index in [1.165, 1.54) is 0 Å². The van der Waals surface area contributed by atoms with Gasteiger partial charge in [0.25, 0.3) is 5.75 Å². The summed E-state index contributed by atoms with van der Waals surface area (Å²) in [7, 11) is 0. The van der Waals surface area contributed by atoms with Gasteiger partial charge in [-0.3, -0.25) is 4.98 Å². The summed E-state index contributed by atoms with van der Waals surface area (Å²) in [5, 5.41) is 7.39. The number of benzene rings is 1. The average Bonchev–Trinajstić information content (AvgIpc) is 2.20. The van der Waals surface area contributed by atoms with Crippen molar-refractivity contribution in [1.29, 1.82) is 0 Å². The number of hydrogen-bond donors (Lipinski definition) is 0. The predicted octanol–water partition coefficient (Wildman–Crippen LogP) is 2.49. The van der Waals surface area contributed by atoms with Crippen LogP contribution < -0.4 is 0 Å². The molecule has 0 saturated carbocycles. The Hall–Kier alpha value is -1.83. The first-order valence-electron chi connectivity index (χ1n) is 4.51. The molecule has 1 aromatic carbocycles. The summed E-state index contributed by atoms with van der Waals surface area (Å²) in [6.07, 6.45) is 1.79. The highest BCUT2D eigenvalue weighted by Crippen LogP contribution is 2.23. The van der Waals surface area contributed by atoms with Gasteiger partial charge in [0, 0.05) is 29.6 Å². The predicted molar refractivity (Wildman–Crippen MR) is 57.5 cm³/mol. The molecule has 0 aliphatic carbocycles. The second kappa shape index (κ2) is 3.50. The van der Waals surface area contributed by atoms with Crippen molar-refractivity contribution in [3.8, 4) is 16.9 Å². The van der Waals surface area contributed by atoms with Gasteiger partial charge in [-0.15, -0.1) is 0 Å². The molecule has 0 saturated heterocycles. The van der Waals surface area contributed by atoms with Gasteiger partial charge in [0.15, 0.2) is 0 Å². The fraction of sp³-hybridized carbons (Fsp3) is 0.0833. The maximum Gasteiger partial charge on any atom is 0.253 e. The Morgan fingerprint density at radius 3 is 2.43 bits per heavy atom.